The van der Waals surface area contributed by atoms with E-state index in [4.69, 9.17) is 0 Å². The molecule has 1 aromatic carbocycles. The largest absolute Gasteiger partial charge is 0.143 e. The van der Waals surface area contributed by atoms with Crippen LogP contribution in [0.25, 0.3) is 0 Å². The zero-order valence-corrected chi connectivity index (χ0v) is 15.7. The molecule has 1 heteroatoms. The SMILES string of the molecule is CCCCCCCCCCCCC(CC)c1ccc(S)cc1. The third-order valence-electron chi connectivity index (χ3n) is 4.76. The molecule has 0 radical (unpaired) electrons. The van der Waals surface area contributed by atoms with Gasteiger partial charge in [-0.25, -0.2) is 0 Å². The molecular weight excluding hydrogens is 284 g/mol. The van der Waals surface area contributed by atoms with Gasteiger partial charge in [-0.15, -0.1) is 12.6 Å². The van der Waals surface area contributed by atoms with Crippen molar-refractivity contribution in [1.82, 2.24) is 0 Å². The van der Waals surface area contributed by atoms with E-state index >= 15 is 0 Å². The fourth-order valence-electron chi connectivity index (χ4n) is 3.23. The van der Waals surface area contributed by atoms with Gasteiger partial charge in [0.2, 0.25) is 0 Å². The summed E-state index contributed by atoms with van der Waals surface area (Å²) in [7, 11) is 0. The second kappa shape index (κ2) is 13.0. The molecule has 0 aromatic heterocycles. The molecule has 0 aliphatic rings. The maximum Gasteiger partial charge on any atom is 0.00401 e. The first-order chi connectivity index (χ1) is 10.8. The van der Waals surface area contributed by atoms with E-state index in [1.807, 2.05) is 0 Å². The summed E-state index contributed by atoms with van der Waals surface area (Å²) >= 11 is 4.37. The average Bonchev–Trinajstić information content (AvgIpc) is 2.54. The van der Waals surface area contributed by atoms with Crippen LogP contribution in [0.3, 0.4) is 0 Å². The summed E-state index contributed by atoms with van der Waals surface area (Å²) in [6, 6.07) is 8.76. The lowest BCUT2D eigenvalue weighted by Crippen LogP contribution is -1.97. The van der Waals surface area contributed by atoms with E-state index in [0.29, 0.717) is 0 Å². The normalized spacial score (nSPS) is 12.5. The van der Waals surface area contributed by atoms with E-state index in [0.717, 1.165) is 10.8 Å². The van der Waals surface area contributed by atoms with Gasteiger partial charge in [0.25, 0.3) is 0 Å². The van der Waals surface area contributed by atoms with Gasteiger partial charge >= 0.3 is 0 Å². The minimum absolute atomic E-state index is 0.739. The topological polar surface area (TPSA) is 0 Å². The predicted molar refractivity (Wildman–Crippen MR) is 103 cm³/mol. The smallest absolute Gasteiger partial charge is 0.00401 e. The first-order valence-corrected chi connectivity index (χ1v) is 10.0. The second-order valence-electron chi connectivity index (χ2n) is 6.67. The summed E-state index contributed by atoms with van der Waals surface area (Å²) in [6.07, 6.45) is 16.8. The van der Waals surface area contributed by atoms with Crippen LogP contribution < -0.4 is 0 Å². The van der Waals surface area contributed by atoms with Crippen molar-refractivity contribution in [3.8, 4) is 0 Å². The molecule has 1 unspecified atom stereocenters. The van der Waals surface area contributed by atoms with Crippen molar-refractivity contribution < 1.29 is 0 Å². The fraction of sp³-hybridized carbons (Fsp3) is 0.714. The lowest BCUT2D eigenvalue weighted by atomic mass is 9.91. The Kier molecular flexibility index (Phi) is 11.6. The highest BCUT2D eigenvalue weighted by atomic mass is 32.1. The molecule has 0 fully saturated rings. The van der Waals surface area contributed by atoms with E-state index < -0.39 is 0 Å². The summed E-state index contributed by atoms with van der Waals surface area (Å²) < 4.78 is 0. The highest BCUT2D eigenvalue weighted by molar-refractivity contribution is 7.80. The molecule has 126 valence electrons. The summed E-state index contributed by atoms with van der Waals surface area (Å²) in [5.41, 5.74) is 1.50. The summed E-state index contributed by atoms with van der Waals surface area (Å²) in [6.45, 7) is 4.60. The van der Waals surface area contributed by atoms with E-state index in [1.54, 1.807) is 0 Å². The molecule has 1 rings (SSSR count). The van der Waals surface area contributed by atoms with Gasteiger partial charge in [0, 0.05) is 4.90 Å². The molecular formula is C21H36S. The second-order valence-corrected chi connectivity index (χ2v) is 7.18. The van der Waals surface area contributed by atoms with Crippen LogP contribution in [0.5, 0.6) is 0 Å². The quantitative estimate of drug-likeness (QED) is 0.278. The Morgan fingerprint density at radius 3 is 1.73 bits per heavy atom. The van der Waals surface area contributed by atoms with Crippen LogP contribution in [0.1, 0.15) is 102 Å². The number of hydrogen-bond acceptors (Lipinski definition) is 1. The van der Waals surface area contributed by atoms with Gasteiger partial charge in [-0.05, 0) is 36.5 Å². The first kappa shape index (κ1) is 19.6. The Morgan fingerprint density at radius 1 is 0.727 bits per heavy atom. The number of hydrogen-bond donors (Lipinski definition) is 1. The third-order valence-corrected chi connectivity index (χ3v) is 5.06. The van der Waals surface area contributed by atoms with E-state index in [2.05, 4.69) is 50.7 Å². The Bertz CT molecular complexity index is 355. The number of unbranched alkanes of at least 4 members (excludes halogenated alkanes) is 9. The Hall–Kier alpha value is -0.430. The monoisotopic (exact) mass is 320 g/mol. The molecule has 0 spiro atoms. The summed E-state index contributed by atoms with van der Waals surface area (Å²) in [5, 5.41) is 0. The zero-order chi connectivity index (χ0) is 16.0. The number of rotatable bonds is 13. The van der Waals surface area contributed by atoms with Crippen molar-refractivity contribution in [2.75, 3.05) is 0 Å². The van der Waals surface area contributed by atoms with Gasteiger partial charge in [0.1, 0.15) is 0 Å². The molecule has 1 atom stereocenters. The molecule has 0 aliphatic carbocycles. The molecule has 1 aromatic rings. The van der Waals surface area contributed by atoms with Crippen molar-refractivity contribution in [1.29, 1.82) is 0 Å². The minimum atomic E-state index is 0.739. The van der Waals surface area contributed by atoms with E-state index in [9.17, 15) is 0 Å². The molecule has 0 heterocycles. The summed E-state index contributed by atoms with van der Waals surface area (Å²) in [5.74, 6) is 0.739. The number of thiol groups is 1. The van der Waals surface area contributed by atoms with Gasteiger partial charge < -0.3 is 0 Å². The van der Waals surface area contributed by atoms with Crippen LogP contribution in [-0.4, -0.2) is 0 Å². The highest BCUT2D eigenvalue weighted by Gasteiger charge is 2.08. The van der Waals surface area contributed by atoms with Gasteiger partial charge in [0.05, 0.1) is 0 Å². The Labute approximate surface area is 144 Å². The molecule has 0 aliphatic heterocycles. The lowest BCUT2D eigenvalue weighted by molar-refractivity contribution is 0.517. The summed E-state index contributed by atoms with van der Waals surface area (Å²) in [4.78, 5) is 1.07. The van der Waals surface area contributed by atoms with Crippen molar-refractivity contribution in [3.05, 3.63) is 29.8 Å². The Morgan fingerprint density at radius 2 is 1.23 bits per heavy atom. The van der Waals surface area contributed by atoms with Crippen molar-refractivity contribution in [3.63, 3.8) is 0 Å². The van der Waals surface area contributed by atoms with Crippen LogP contribution in [0.15, 0.2) is 29.2 Å². The van der Waals surface area contributed by atoms with Gasteiger partial charge in [-0.3, -0.25) is 0 Å². The third kappa shape index (κ3) is 8.88. The van der Waals surface area contributed by atoms with Crippen molar-refractivity contribution in [2.24, 2.45) is 0 Å². The van der Waals surface area contributed by atoms with Gasteiger partial charge in [0.15, 0.2) is 0 Å². The zero-order valence-electron chi connectivity index (χ0n) is 14.8. The molecule has 0 amide bonds. The van der Waals surface area contributed by atoms with Crippen LogP contribution in [0.4, 0.5) is 0 Å². The molecule has 0 nitrogen and oxygen atoms in total. The fourth-order valence-corrected chi connectivity index (χ4v) is 3.38. The van der Waals surface area contributed by atoms with Crippen molar-refractivity contribution >= 4 is 12.6 Å². The average molecular weight is 321 g/mol. The standard InChI is InChI=1S/C21H36S/c1-3-5-6-7-8-9-10-11-12-13-14-19(4-2)20-15-17-21(22)18-16-20/h15-19,22H,3-14H2,1-2H3. The van der Waals surface area contributed by atoms with Crippen LogP contribution in [0.2, 0.25) is 0 Å². The molecule has 0 bridgehead atoms. The maximum atomic E-state index is 4.37. The molecule has 0 saturated heterocycles. The minimum Gasteiger partial charge on any atom is -0.143 e. The number of benzene rings is 1. The van der Waals surface area contributed by atoms with Crippen LogP contribution in [0, 0.1) is 0 Å². The highest BCUT2D eigenvalue weighted by Crippen LogP contribution is 2.26. The van der Waals surface area contributed by atoms with E-state index in [1.165, 1.54) is 82.6 Å². The van der Waals surface area contributed by atoms with Crippen LogP contribution >= 0.6 is 12.6 Å². The molecule has 0 saturated carbocycles. The van der Waals surface area contributed by atoms with Gasteiger partial charge in [-0.1, -0.05) is 90.2 Å². The van der Waals surface area contributed by atoms with Gasteiger partial charge in [-0.2, -0.15) is 0 Å². The lowest BCUT2D eigenvalue weighted by Gasteiger charge is -2.15. The molecule has 0 N–H and O–H groups in total. The molecule has 22 heavy (non-hydrogen) atoms. The predicted octanol–water partition coefficient (Wildman–Crippen LogP) is 7.78. The van der Waals surface area contributed by atoms with E-state index in [-0.39, 0.29) is 0 Å². The first-order valence-electron chi connectivity index (χ1n) is 9.56. The maximum absolute atomic E-state index is 4.37. The Balaban J connectivity index is 2.04. The van der Waals surface area contributed by atoms with Crippen LogP contribution in [-0.2, 0) is 0 Å². The van der Waals surface area contributed by atoms with Crippen molar-refractivity contribution in [2.45, 2.75) is 102 Å².